The number of hydrogen-bond donors (Lipinski definition) is 0. The number of anilines is 3. The molecule has 58 heavy (non-hydrogen) atoms. The van der Waals surface area contributed by atoms with E-state index < -0.39 is 0 Å². The van der Waals surface area contributed by atoms with E-state index in [4.69, 9.17) is 0 Å². The first-order valence-corrected chi connectivity index (χ1v) is 20.2. The fraction of sp³-hybridized carbons (Fsp3) is 0.0714. The third kappa shape index (κ3) is 5.18. The highest BCUT2D eigenvalue weighted by molar-refractivity contribution is 6.29. The van der Waals surface area contributed by atoms with E-state index in [9.17, 15) is 0 Å². The molecular formula is C56H42N2. The first-order valence-electron chi connectivity index (χ1n) is 20.2. The van der Waals surface area contributed by atoms with Crippen molar-refractivity contribution in [1.82, 2.24) is 4.57 Å². The summed E-state index contributed by atoms with van der Waals surface area (Å²) in [7, 11) is 2.23. The van der Waals surface area contributed by atoms with E-state index in [1.165, 1.54) is 88.2 Å². The molecule has 2 nitrogen and oxygen atoms in total. The van der Waals surface area contributed by atoms with Crippen LogP contribution in [0.2, 0.25) is 0 Å². The fourth-order valence-corrected chi connectivity index (χ4v) is 9.83. The number of fused-ring (bicyclic) bond motifs is 9. The van der Waals surface area contributed by atoms with Crippen molar-refractivity contribution < 1.29 is 0 Å². The molecule has 9 aromatic carbocycles. The van der Waals surface area contributed by atoms with Crippen molar-refractivity contribution in [1.29, 1.82) is 0 Å². The largest absolute Gasteiger partial charge is 0.343 e. The van der Waals surface area contributed by atoms with E-state index in [0.717, 1.165) is 17.1 Å². The fourth-order valence-electron chi connectivity index (χ4n) is 9.83. The van der Waals surface area contributed by atoms with Gasteiger partial charge >= 0.3 is 0 Å². The topological polar surface area (TPSA) is 8.17 Å². The number of aromatic nitrogens is 1. The van der Waals surface area contributed by atoms with Crippen molar-refractivity contribution in [3.05, 3.63) is 211 Å². The third-order valence-electron chi connectivity index (χ3n) is 12.6. The van der Waals surface area contributed by atoms with E-state index in [-0.39, 0.29) is 5.41 Å². The Morgan fingerprint density at radius 2 is 0.879 bits per heavy atom. The Hall–Kier alpha value is -7.16. The lowest BCUT2D eigenvalue weighted by atomic mass is 9.82. The minimum absolute atomic E-state index is 0.107. The van der Waals surface area contributed by atoms with Crippen LogP contribution in [0.25, 0.3) is 77.1 Å². The zero-order chi connectivity index (χ0) is 39.0. The van der Waals surface area contributed by atoms with Gasteiger partial charge in [0.05, 0.1) is 11.2 Å². The molecule has 11 rings (SSSR count). The smallest absolute Gasteiger partial charge is 0.0575 e. The van der Waals surface area contributed by atoms with Gasteiger partial charge < -0.3 is 9.47 Å². The van der Waals surface area contributed by atoms with Crippen molar-refractivity contribution in [2.45, 2.75) is 19.3 Å². The summed E-state index contributed by atoms with van der Waals surface area (Å²) in [5.41, 5.74) is 17.2. The van der Waals surface area contributed by atoms with Crippen molar-refractivity contribution in [2.24, 2.45) is 7.05 Å². The summed E-state index contributed by atoms with van der Waals surface area (Å²) in [6.07, 6.45) is 0. The molecule has 0 amide bonds. The van der Waals surface area contributed by atoms with Crippen LogP contribution >= 0.6 is 0 Å². The first kappa shape index (κ1) is 34.1. The van der Waals surface area contributed by atoms with Crippen LogP contribution in [0.5, 0.6) is 0 Å². The molecule has 0 atom stereocenters. The van der Waals surface area contributed by atoms with Gasteiger partial charge in [-0.15, -0.1) is 0 Å². The molecule has 10 aromatic rings. The molecule has 0 radical (unpaired) electrons. The van der Waals surface area contributed by atoms with Crippen LogP contribution in [0.3, 0.4) is 0 Å². The van der Waals surface area contributed by atoms with E-state index in [1.807, 2.05) is 0 Å². The van der Waals surface area contributed by atoms with Gasteiger partial charge in [-0.05, 0) is 97.1 Å². The first-order chi connectivity index (χ1) is 28.5. The molecule has 0 aliphatic heterocycles. The molecule has 1 heterocycles. The maximum absolute atomic E-state index is 2.42. The number of hydrogen-bond acceptors (Lipinski definition) is 1. The monoisotopic (exact) mass is 742 g/mol. The second kappa shape index (κ2) is 13.2. The van der Waals surface area contributed by atoms with Gasteiger partial charge in [0, 0.05) is 45.9 Å². The SMILES string of the molecule is Cn1c(-c2ccccc2)c(-c2ccc(N(c3ccc(-c4ccccc4)cc3)c3ccc4c(c3)C(C)(C)c3ccccc3-4)cc2)c2c3ccccc3c3ccccc3c21. The minimum atomic E-state index is -0.107. The van der Waals surface area contributed by atoms with E-state index in [0.29, 0.717) is 0 Å². The summed E-state index contributed by atoms with van der Waals surface area (Å²) in [5, 5.41) is 6.39. The van der Waals surface area contributed by atoms with Crippen LogP contribution in [0.4, 0.5) is 17.1 Å². The Kier molecular flexibility index (Phi) is 7.78. The molecule has 0 saturated carbocycles. The molecule has 0 N–H and O–H groups in total. The highest BCUT2D eigenvalue weighted by atomic mass is 15.1. The Labute approximate surface area is 339 Å². The molecule has 0 unspecified atom stereocenters. The number of aryl methyl sites for hydroxylation is 1. The van der Waals surface area contributed by atoms with Gasteiger partial charge in [0.2, 0.25) is 0 Å². The van der Waals surface area contributed by atoms with Crippen molar-refractivity contribution >= 4 is 49.5 Å². The van der Waals surface area contributed by atoms with E-state index in [1.54, 1.807) is 0 Å². The standard InChI is InChI=1S/C56H42N2/c1-56(2)50-25-15-14-22-46(50)47-35-34-43(36-51(47)56)58(41-30-26-38(27-31-41)37-16-6-4-7-17-37)42-32-28-39(29-33-42)52-53-48-23-12-10-20-44(48)45-21-11-13-24-49(45)55(53)57(3)54(52)40-18-8-5-9-19-40/h4-36H,1-3H3. The second-order valence-electron chi connectivity index (χ2n) is 16.2. The highest BCUT2D eigenvalue weighted by Gasteiger charge is 2.35. The molecular weight excluding hydrogens is 701 g/mol. The predicted octanol–water partition coefficient (Wildman–Crippen LogP) is 15.3. The van der Waals surface area contributed by atoms with Crippen LogP contribution in [0.1, 0.15) is 25.0 Å². The van der Waals surface area contributed by atoms with Gasteiger partial charge in [-0.25, -0.2) is 0 Å². The van der Waals surface area contributed by atoms with E-state index in [2.05, 4.69) is 231 Å². The Balaban J connectivity index is 1.11. The predicted molar refractivity (Wildman–Crippen MR) is 246 cm³/mol. The van der Waals surface area contributed by atoms with Crippen LogP contribution in [-0.4, -0.2) is 4.57 Å². The van der Waals surface area contributed by atoms with Gasteiger partial charge in [0.25, 0.3) is 0 Å². The number of benzene rings is 9. The summed E-state index contributed by atoms with van der Waals surface area (Å²) in [6, 6.07) is 73.5. The molecule has 1 aliphatic carbocycles. The molecule has 2 heteroatoms. The highest BCUT2D eigenvalue weighted by Crippen LogP contribution is 2.51. The van der Waals surface area contributed by atoms with Crippen LogP contribution in [-0.2, 0) is 12.5 Å². The molecule has 0 bridgehead atoms. The van der Waals surface area contributed by atoms with Gasteiger partial charge in [-0.3, -0.25) is 0 Å². The van der Waals surface area contributed by atoms with Gasteiger partial charge in [0.1, 0.15) is 0 Å². The maximum atomic E-state index is 2.42. The van der Waals surface area contributed by atoms with Gasteiger partial charge in [-0.1, -0.05) is 178 Å². The summed E-state index contributed by atoms with van der Waals surface area (Å²) < 4.78 is 2.42. The van der Waals surface area contributed by atoms with Crippen molar-refractivity contribution in [3.63, 3.8) is 0 Å². The molecule has 0 fully saturated rings. The average molecular weight is 743 g/mol. The Morgan fingerprint density at radius 1 is 0.397 bits per heavy atom. The molecule has 276 valence electrons. The van der Waals surface area contributed by atoms with Crippen LogP contribution in [0.15, 0.2) is 200 Å². The molecule has 1 aromatic heterocycles. The van der Waals surface area contributed by atoms with Gasteiger partial charge in [-0.2, -0.15) is 0 Å². The second-order valence-corrected chi connectivity index (χ2v) is 16.2. The van der Waals surface area contributed by atoms with Crippen LogP contribution in [0, 0.1) is 0 Å². The zero-order valence-corrected chi connectivity index (χ0v) is 32.9. The van der Waals surface area contributed by atoms with E-state index >= 15 is 0 Å². The molecule has 0 saturated heterocycles. The average Bonchev–Trinajstić information content (AvgIpc) is 3.72. The Bertz CT molecular complexity index is 3170. The molecule has 0 spiro atoms. The summed E-state index contributed by atoms with van der Waals surface area (Å²) >= 11 is 0. The lowest BCUT2D eigenvalue weighted by molar-refractivity contribution is 0.660. The third-order valence-corrected chi connectivity index (χ3v) is 12.6. The summed E-state index contributed by atoms with van der Waals surface area (Å²) in [6.45, 7) is 4.72. The van der Waals surface area contributed by atoms with Crippen molar-refractivity contribution in [3.8, 4) is 44.6 Å². The lowest BCUT2D eigenvalue weighted by Gasteiger charge is -2.28. The zero-order valence-electron chi connectivity index (χ0n) is 32.9. The number of rotatable bonds is 6. The van der Waals surface area contributed by atoms with Crippen molar-refractivity contribution in [2.75, 3.05) is 4.90 Å². The lowest BCUT2D eigenvalue weighted by Crippen LogP contribution is -2.16. The maximum Gasteiger partial charge on any atom is 0.0575 e. The quantitative estimate of drug-likeness (QED) is 0.154. The molecule has 1 aliphatic rings. The summed E-state index contributed by atoms with van der Waals surface area (Å²) in [5.74, 6) is 0. The van der Waals surface area contributed by atoms with Crippen LogP contribution < -0.4 is 4.90 Å². The summed E-state index contributed by atoms with van der Waals surface area (Å²) in [4.78, 5) is 2.42. The number of nitrogens with zero attached hydrogens (tertiary/aromatic N) is 2. The van der Waals surface area contributed by atoms with Gasteiger partial charge in [0.15, 0.2) is 0 Å². The normalized spacial score (nSPS) is 12.9. The minimum Gasteiger partial charge on any atom is -0.343 e. The Morgan fingerprint density at radius 3 is 1.55 bits per heavy atom.